The molecule has 1 heterocycles. The molecular formula is C13H19N3O3. The van der Waals surface area contributed by atoms with E-state index in [0.717, 1.165) is 10.2 Å². The van der Waals surface area contributed by atoms with E-state index in [-0.39, 0.29) is 23.8 Å². The fourth-order valence-corrected chi connectivity index (χ4v) is 1.74. The molecular weight excluding hydrogens is 246 g/mol. The van der Waals surface area contributed by atoms with Gasteiger partial charge in [0.2, 0.25) is 5.91 Å². The van der Waals surface area contributed by atoms with Crippen molar-refractivity contribution >= 4 is 11.7 Å². The van der Waals surface area contributed by atoms with Gasteiger partial charge in [0.05, 0.1) is 12.2 Å². The topological polar surface area (TPSA) is 81.1 Å². The van der Waals surface area contributed by atoms with Gasteiger partial charge in [-0.1, -0.05) is 13.8 Å². The van der Waals surface area contributed by atoms with Gasteiger partial charge in [0.1, 0.15) is 6.54 Å². The maximum Gasteiger partial charge on any atom is 0.267 e. The Morgan fingerprint density at radius 2 is 2.05 bits per heavy atom. The molecule has 1 rings (SSSR count). The van der Waals surface area contributed by atoms with Crippen LogP contribution in [0.25, 0.3) is 0 Å². The zero-order valence-corrected chi connectivity index (χ0v) is 11.6. The van der Waals surface area contributed by atoms with Crippen molar-refractivity contribution in [2.24, 2.45) is 5.92 Å². The summed E-state index contributed by atoms with van der Waals surface area (Å²) >= 11 is 0. The first-order valence-electron chi connectivity index (χ1n) is 6.15. The number of hydrogen-bond acceptors (Lipinski definition) is 4. The number of aryl methyl sites for hydroxylation is 1. The van der Waals surface area contributed by atoms with Gasteiger partial charge in [-0.25, -0.2) is 4.68 Å². The van der Waals surface area contributed by atoms with Gasteiger partial charge < -0.3 is 5.32 Å². The highest BCUT2D eigenvalue weighted by Crippen LogP contribution is 2.02. The van der Waals surface area contributed by atoms with Crippen molar-refractivity contribution in [2.75, 3.05) is 0 Å². The molecule has 0 radical (unpaired) electrons. The molecule has 1 amide bonds. The Morgan fingerprint density at radius 3 is 2.53 bits per heavy atom. The quantitative estimate of drug-likeness (QED) is 0.829. The molecule has 1 atom stereocenters. The molecule has 1 N–H and O–H groups in total. The van der Waals surface area contributed by atoms with Crippen LogP contribution in [0, 0.1) is 12.8 Å². The number of amides is 1. The number of rotatable bonds is 5. The van der Waals surface area contributed by atoms with E-state index in [0.29, 0.717) is 0 Å². The lowest BCUT2D eigenvalue weighted by Gasteiger charge is -2.19. The summed E-state index contributed by atoms with van der Waals surface area (Å²) in [4.78, 5) is 34.8. The van der Waals surface area contributed by atoms with Crippen LogP contribution in [0.3, 0.4) is 0 Å². The molecule has 0 spiro atoms. The molecule has 0 aliphatic carbocycles. The molecule has 1 unspecified atom stereocenters. The van der Waals surface area contributed by atoms with Gasteiger partial charge in [0.15, 0.2) is 5.78 Å². The van der Waals surface area contributed by atoms with Gasteiger partial charge in [-0.2, -0.15) is 5.10 Å². The second kappa shape index (κ2) is 6.26. The average molecular weight is 265 g/mol. The van der Waals surface area contributed by atoms with Crippen molar-refractivity contribution in [3.8, 4) is 0 Å². The van der Waals surface area contributed by atoms with E-state index in [4.69, 9.17) is 0 Å². The molecule has 1 aromatic heterocycles. The van der Waals surface area contributed by atoms with Crippen LogP contribution in [0.1, 0.15) is 26.3 Å². The first kappa shape index (κ1) is 15.1. The second-order valence-electron chi connectivity index (χ2n) is 4.93. The molecule has 0 fully saturated rings. The summed E-state index contributed by atoms with van der Waals surface area (Å²) in [6.45, 7) is 6.70. The first-order chi connectivity index (χ1) is 8.81. The molecule has 1 aromatic rings. The van der Waals surface area contributed by atoms with Gasteiger partial charge in [-0.3, -0.25) is 14.4 Å². The van der Waals surface area contributed by atoms with E-state index in [1.807, 2.05) is 13.8 Å². The second-order valence-corrected chi connectivity index (χ2v) is 4.93. The Hall–Kier alpha value is -1.98. The lowest BCUT2D eigenvalue weighted by molar-refractivity contribution is -0.128. The first-order valence-corrected chi connectivity index (χ1v) is 6.15. The summed E-state index contributed by atoms with van der Waals surface area (Å²) in [6.07, 6.45) is 1.51. The smallest absolute Gasteiger partial charge is 0.267 e. The molecule has 0 saturated heterocycles. The summed E-state index contributed by atoms with van der Waals surface area (Å²) in [5, 5.41) is 6.49. The lowest BCUT2D eigenvalue weighted by Crippen LogP contribution is -2.45. The van der Waals surface area contributed by atoms with Crippen LogP contribution in [0.5, 0.6) is 0 Å². The van der Waals surface area contributed by atoms with Crippen LogP contribution in [0.15, 0.2) is 17.1 Å². The fourth-order valence-electron chi connectivity index (χ4n) is 1.74. The van der Waals surface area contributed by atoms with Crippen LogP contribution in [0.2, 0.25) is 0 Å². The van der Waals surface area contributed by atoms with Crippen molar-refractivity contribution in [1.29, 1.82) is 0 Å². The Kier molecular flexibility index (Phi) is 4.97. The third-order valence-corrected chi connectivity index (χ3v) is 2.72. The fraction of sp³-hybridized carbons (Fsp3) is 0.538. The molecule has 104 valence electrons. The van der Waals surface area contributed by atoms with Crippen LogP contribution in [-0.2, 0) is 16.1 Å². The van der Waals surface area contributed by atoms with Crippen LogP contribution >= 0.6 is 0 Å². The number of hydrogen-bond donors (Lipinski definition) is 1. The van der Waals surface area contributed by atoms with Crippen molar-refractivity contribution in [3.63, 3.8) is 0 Å². The molecule has 0 saturated carbocycles. The van der Waals surface area contributed by atoms with Crippen molar-refractivity contribution in [1.82, 2.24) is 15.1 Å². The number of ketones is 1. The van der Waals surface area contributed by atoms with Gasteiger partial charge in [0.25, 0.3) is 5.56 Å². The summed E-state index contributed by atoms with van der Waals surface area (Å²) in [6, 6.07) is 0.874. The monoisotopic (exact) mass is 265 g/mol. The van der Waals surface area contributed by atoms with Crippen molar-refractivity contribution < 1.29 is 9.59 Å². The Bertz CT molecular complexity index is 534. The number of aromatic nitrogens is 2. The number of Topliss-reactive ketones (excluding diaryl/α,β-unsaturated/α-hetero) is 1. The predicted octanol–water partition coefficient (Wildman–Crippen LogP) is 0.282. The third-order valence-electron chi connectivity index (χ3n) is 2.72. The molecule has 0 aliphatic heterocycles. The van der Waals surface area contributed by atoms with E-state index in [9.17, 15) is 14.4 Å². The molecule has 6 heteroatoms. The number of carbonyl (C=O) groups excluding carboxylic acids is 2. The Balaban J connectivity index is 2.75. The highest BCUT2D eigenvalue weighted by atomic mass is 16.2. The highest BCUT2D eigenvalue weighted by molar-refractivity contribution is 5.87. The standard InChI is InChI=1S/C13H19N3O3/c1-8(2)13(10(4)17)15-11(18)7-16-12(19)5-9(3)6-14-16/h5-6,8,13H,7H2,1-4H3,(H,15,18). The highest BCUT2D eigenvalue weighted by Gasteiger charge is 2.20. The molecule has 6 nitrogen and oxygen atoms in total. The normalized spacial score (nSPS) is 12.3. The van der Waals surface area contributed by atoms with Crippen LogP contribution in [0.4, 0.5) is 0 Å². The minimum atomic E-state index is -0.534. The maximum atomic E-state index is 11.8. The van der Waals surface area contributed by atoms with Gasteiger partial charge in [0, 0.05) is 6.07 Å². The van der Waals surface area contributed by atoms with E-state index < -0.39 is 11.9 Å². The van der Waals surface area contributed by atoms with Gasteiger partial charge in [-0.15, -0.1) is 0 Å². The minimum Gasteiger partial charge on any atom is -0.344 e. The lowest BCUT2D eigenvalue weighted by atomic mass is 10.0. The Morgan fingerprint density at radius 1 is 1.42 bits per heavy atom. The summed E-state index contributed by atoms with van der Waals surface area (Å²) < 4.78 is 1.07. The van der Waals surface area contributed by atoms with Crippen molar-refractivity contribution in [2.45, 2.75) is 40.3 Å². The minimum absolute atomic E-state index is 0.00384. The number of carbonyl (C=O) groups is 2. The predicted molar refractivity (Wildman–Crippen MR) is 70.7 cm³/mol. The average Bonchev–Trinajstić information content (AvgIpc) is 2.29. The molecule has 0 aromatic carbocycles. The van der Waals surface area contributed by atoms with E-state index in [1.165, 1.54) is 19.2 Å². The van der Waals surface area contributed by atoms with Gasteiger partial charge in [-0.05, 0) is 25.3 Å². The molecule has 0 aliphatic rings. The van der Waals surface area contributed by atoms with Crippen LogP contribution < -0.4 is 10.9 Å². The zero-order valence-electron chi connectivity index (χ0n) is 11.6. The third kappa shape index (κ3) is 4.31. The zero-order chi connectivity index (χ0) is 14.6. The SMILES string of the molecule is CC(=O)C(NC(=O)Cn1ncc(C)cc1=O)C(C)C. The number of nitrogens with one attached hydrogen (secondary N) is 1. The molecule has 0 bridgehead atoms. The number of nitrogens with zero attached hydrogens (tertiary/aromatic N) is 2. The maximum absolute atomic E-state index is 11.8. The van der Waals surface area contributed by atoms with E-state index in [2.05, 4.69) is 10.4 Å². The van der Waals surface area contributed by atoms with Gasteiger partial charge >= 0.3 is 0 Å². The van der Waals surface area contributed by atoms with E-state index >= 15 is 0 Å². The van der Waals surface area contributed by atoms with E-state index in [1.54, 1.807) is 6.92 Å². The summed E-state index contributed by atoms with van der Waals surface area (Å²) in [5.41, 5.74) is 0.407. The van der Waals surface area contributed by atoms with Crippen molar-refractivity contribution in [3.05, 3.63) is 28.2 Å². The molecule has 19 heavy (non-hydrogen) atoms. The largest absolute Gasteiger partial charge is 0.344 e. The summed E-state index contributed by atoms with van der Waals surface area (Å²) in [7, 11) is 0. The van der Waals surface area contributed by atoms with Crippen LogP contribution in [-0.4, -0.2) is 27.5 Å². The summed E-state index contributed by atoms with van der Waals surface area (Å²) in [5.74, 6) is -0.496. The Labute approximate surface area is 111 Å².